The Morgan fingerprint density at radius 3 is 2.82 bits per heavy atom. The van der Waals surface area contributed by atoms with Crippen molar-refractivity contribution in [1.82, 2.24) is 10.2 Å². The molecule has 0 unspecified atom stereocenters. The quantitative estimate of drug-likeness (QED) is 0.763. The summed E-state index contributed by atoms with van der Waals surface area (Å²) in [4.78, 5) is 14.3. The summed E-state index contributed by atoms with van der Waals surface area (Å²) in [5.41, 5.74) is -0.507. The molecule has 0 radical (unpaired) electrons. The maximum absolute atomic E-state index is 14.1. The molecule has 1 saturated heterocycles. The number of likely N-dealkylation sites (tertiary alicyclic amines) is 1. The van der Waals surface area contributed by atoms with Crippen LogP contribution in [0.4, 0.5) is 8.78 Å². The topological polar surface area (TPSA) is 61.8 Å². The van der Waals surface area contributed by atoms with E-state index < -0.39 is 17.3 Å². The largest absolute Gasteiger partial charge is 0.497 e. The van der Waals surface area contributed by atoms with Gasteiger partial charge in [0.05, 0.1) is 7.11 Å². The lowest BCUT2D eigenvalue weighted by Crippen LogP contribution is -2.57. The van der Waals surface area contributed by atoms with Crippen molar-refractivity contribution in [3.63, 3.8) is 0 Å². The van der Waals surface area contributed by atoms with Crippen molar-refractivity contribution in [3.05, 3.63) is 65.2 Å². The van der Waals surface area contributed by atoms with Gasteiger partial charge in [-0.1, -0.05) is 12.1 Å². The zero-order valence-corrected chi connectivity index (χ0v) is 15.8. The first-order valence-corrected chi connectivity index (χ1v) is 9.20. The van der Waals surface area contributed by atoms with Crippen LogP contribution < -0.4 is 10.1 Å². The smallest absolute Gasteiger partial charge is 0.256 e. The minimum Gasteiger partial charge on any atom is -0.497 e. The molecule has 0 aromatic heterocycles. The summed E-state index contributed by atoms with van der Waals surface area (Å²) in [6.07, 6.45) is 0.925. The number of carbonyl (C=O) groups is 1. The number of rotatable bonds is 7. The van der Waals surface area contributed by atoms with Crippen LogP contribution in [0, 0.1) is 11.6 Å². The molecule has 2 aromatic carbocycles. The molecule has 0 spiro atoms. The fourth-order valence-electron chi connectivity index (χ4n) is 3.45. The van der Waals surface area contributed by atoms with Gasteiger partial charge in [-0.3, -0.25) is 4.79 Å². The lowest BCUT2D eigenvalue weighted by Gasteiger charge is -2.38. The Morgan fingerprint density at radius 2 is 2.07 bits per heavy atom. The first-order valence-electron chi connectivity index (χ1n) is 9.20. The molecule has 1 atom stereocenters. The molecule has 1 aliphatic rings. The number of piperidine rings is 1. The van der Waals surface area contributed by atoms with Crippen LogP contribution in [0.25, 0.3) is 0 Å². The van der Waals surface area contributed by atoms with E-state index in [1.165, 1.54) is 36.3 Å². The molecule has 5 nitrogen and oxygen atoms in total. The number of halogens is 2. The van der Waals surface area contributed by atoms with E-state index in [2.05, 4.69) is 5.32 Å². The molecule has 0 saturated carbocycles. The molecule has 7 heteroatoms. The molecule has 150 valence electrons. The number of carbonyl (C=O) groups excluding carboxylic acids is 1. The Hall–Kier alpha value is -2.51. The van der Waals surface area contributed by atoms with Gasteiger partial charge in [0.25, 0.3) is 5.91 Å². The van der Waals surface area contributed by atoms with E-state index in [9.17, 15) is 18.7 Å². The van der Waals surface area contributed by atoms with Crippen LogP contribution in [0.5, 0.6) is 5.75 Å². The van der Waals surface area contributed by atoms with Gasteiger partial charge in [-0.2, -0.15) is 0 Å². The van der Waals surface area contributed by atoms with Gasteiger partial charge in [-0.15, -0.1) is 0 Å². The lowest BCUT2D eigenvalue weighted by molar-refractivity contribution is -0.157. The summed E-state index contributed by atoms with van der Waals surface area (Å²) in [6, 6.07) is 10.5. The van der Waals surface area contributed by atoms with Gasteiger partial charge in [0, 0.05) is 31.7 Å². The standard InChI is InChI=1S/C21H24F2N2O3/c1-28-18-6-7-19(23)16(11-18)13-25-9-3-8-21(27,20(25)26)14-24-12-15-4-2-5-17(22)10-15/h2,4-7,10-11,24,27H,3,8-9,12-14H2,1H3/t21-/m0/s1. The van der Waals surface area contributed by atoms with Gasteiger partial charge in [-0.25, -0.2) is 8.78 Å². The van der Waals surface area contributed by atoms with Crippen molar-refractivity contribution in [2.75, 3.05) is 20.2 Å². The highest BCUT2D eigenvalue weighted by molar-refractivity contribution is 5.86. The van der Waals surface area contributed by atoms with E-state index in [4.69, 9.17) is 4.74 Å². The maximum Gasteiger partial charge on any atom is 0.256 e. The molecule has 1 fully saturated rings. The average molecular weight is 390 g/mol. The minimum absolute atomic E-state index is 0.0411. The van der Waals surface area contributed by atoms with Crippen LogP contribution in [0.1, 0.15) is 24.0 Å². The number of amides is 1. The number of benzene rings is 2. The summed E-state index contributed by atoms with van der Waals surface area (Å²) in [7, 11) is 1.49. The highest BCUT2D eigenvalue weighted by Gasteiger charge is 2.41. The average Bonchev–Trinajstić information content (AvgIpc) is 2.67. The van der Waals surface area contributed by atoms with Gasteiger partial charge < -0.3 is 20.1 Å². The summed E-state index contributed by atoms with van der Waals surface area (Å²) >= 11 is 0. The van der Waals surface area contributed by atoms with E-state index in [-0.39, 0.29) is 18.9 Å². The number of hydrogen-bond donors (Lipinski definition) is 2. The molecule has 1 amide bonds. The van der Waals surface area contributed by atoms with Crippen LogP contribution in [-0.2, 0) is 17.9 Å². The predicted octanol–water partition coefficient (Wildman–Crippen LogP) is 2.62. The number of ether oxygens (including phenoxy) is 1. The molecule has 3 rings (SSSR count). The molecular weight excluding hydrogens is 366 g/mol. The van der Waals surface area contributed by atoms with Gasteiger partial charge in [0.1, 0.15) is 17.4 Å². The van der Waals surface area contributed by atoms with Gasteiger partial charge in [-0.05, 0) is 48.7 Å². The van der Waals surface area contributed by atoms with Crippen molar-refractivity contribution in [3.8, 4) is 5.75 Å². The van der Waals surface area contributed by atoms with Crippen molar-refractivity contribution in [2.45, 2.75) is 31.5 Å². The molecule has 0 aliphatic carbocycles. The van der Waals surface area contributed by atoms with E-state index in [1.54, 1.807) is 18.2 Å². The van der Waals surface area contributed by atoms with Crippen LogP contribution >= 0.6 is 0 Å². The summed E-state index contributed by atoms with van der Waals surface area (Å²) < 4.78 is 32.5. The maximum atomic E-state index is 14.1. The summed E-state index contributed by atoms with van der Waals surface area (Å²) in [6.45, 7) is 0.882. The second kappa shape index (κ2) is 8.67. The van der Waals surface area contributed by atoms with Crippen LogP contribution in [0.15, 0.2) is 42.5 Å². The number of nitrogens with zero attached hydrogens (tertiary/aromatic N) is 1. The van der Waals surface area contributed by atoms with Crippen molar-refractivity contribution >= 4 is 5.91 Å². The normalized spacial score (nSPS) is 19.7. The Kier molecular flexibility index (Phi) is 6.26. The third-order valence-corrected chi connectivity index (χ3v) is 4.95. The minimum atomic E-state index is -1.57. The second-order valence-corrected chi connectivity index (χ2v) is 7.05. The predicted molar refractivity (Wildman–Crippen MR) is 101 cm³/mol. The monoisotopic (exact) mass is 390 g/mol. The number of nitrogens with one attached hydrogen (secondary N) is 1. The van der Waals surface area contributed by atoms with Crippen LogP contribution in [0.2, 0.25) is 0 Å². The molecule has 1 heterocycles. The molecule has 28 heavy (non-hydrogen) atoms. The highest BCUT2D eigenvalue weighted by Crippen LogP contribution is 2.26. The van der Waals surface area contributed by atoms with Gasteiger partial charge in [0.15, 0.2) is 5.60 Å². The third-order valence-electron chi connectivity index (χ3n) is 4.95. The van der Waals surface area contributed by atoms with Gasteiger partial charge >= 0.3 is 0 Å². The molecule has 2 aromatic rings. The summed E-state index contributed by atoms with van der Waals surface area (Å²) in [5.74, 6) is -0.689. The first kappa shape index (κ1) is 20.2. The molecule has 1 aliphatic heterocycles. The highest BCUT2D eigenvalue weighted by atomic mass is 19.1. The zero-order chi connectivity index (χ0) is 20.1. The zero-order valence-electron chi connectivity index (χ0n) is 15.8. The molecule has 0 bridgehead atoms. The molecular formula is C21H24F2N2O3. The van der Waals surface area contributed by atoms with E-state index >= 15 is 0 Å². The number of aliphatic hydroxyl groups is 1. The fraction of sp³-hybridized carbons (Fsp3) is 0.381. The third kappa shape index (κ3) is 4.66. The van der Waals surface area contributed by atoms with Crippen molar-refractivity contribution in [1.29, 1.82) is 0 Å². The van der Waals surface area contributed by atoms with E-state index in [0.29, 0.717) is 37.2 Å². The van der Waals surface area contributed by atoms with Crippen LogP contribution in [0.3, 0.4) is 0 Å². The fourth-order valence-corrected chi connectivity index (χ4v) is 3.45. The van der Waals surface area contributed by atoms with Crippen LogP contribution in [-0.4, -0.2) is 41.7 Å². The van der Waals surface area contributed by atoms with Crippen molar-refractivity contribution in [2.24, 2.45) is 0 Å². The SMILES string of the molecule is COc1ccc(F)c(CN2CCC[C@](O)(CNCc3cccc(F)c3)C2=O)c1. The second-order valence-electron chi connectivity index (χ2n) is 7.05. The van der Waals surface area contributed by atoms with Gasteiger partial charge in [0.2, 0.25) is 0 Å². The van der Waals surface area contributed by atoms with Crippen molar-refractivity contribution < 1.29 is 23.4 Å². The Balaban J connectivity index is 1.64. The number of hydrogen-bond acceptors (Lipinski definition) is 4. The Morgan fingerprint density at radius 1 is 1.25 bits per heavy atom. The lowest BCUT2D eigenvalue weighted by atomic mass is 9.91. The molecule has 2 N–H and O–H groups in total. The van der Waals surface area contributed by atoms with E-state index in [0.717, 1.165) is 5.56 Å². The Bertz CT molecular complexity index is 846. The first-order chi connectivity index (χ1) is 13.4. The summed E-state index contributed by atoms with van der Waals surface area (Å²) in [5, 5.41) is 13.9. The number of methoxy groups -OCH3 is 1. The Labute approximate surface area is 162 Å². The van der Waals surface area contributed by atoms with E-state index in [1.807, 2.05) is 0 Å².